The molecule has 0 aliphatic heterocycles. The molecule has 0 aliphatic carbocycles. The van der Waals surface area contributed by atoms with E-state index in [2.05, 4.69) is 33.4 Å². The topological polar surface area (TPSA) is 80.5 Å². The summed E-state index contributed by atoms with van der Waals surface area (Å²) in [7, 11) is 2.04. The van der Waals surface area contributed by atoms with Crippen molar-refractivity contribution >= 4 is 17.4 Å². The SMILES string of the molecule is CCNc1ccc(N(C)CCC(Oc2cccc(C(N)=O)c2)c2ccccc2)cn1. The molecule has 0 aliphatic rings. The van der Waals surface area contributed by atoms with E-state index in [1.807, 2.05) is 50.5 Å². The van der Waals surface area contributed by atoms with Gasteiger partial charge in [-0.15, -0.1) is 0 Å². The van der Waals surface area contributed by atoms with Crippen molar-refractivity contribution < 1.29 is 9.53 Å². The van der Waals surface area contributed by atoms with Crippen LogP contribution in [-0.2, 0) is 0 Å². The molecule has 1 unspecified atom stereocenters. The number of nitrogens with one attached hydrogen (secondary N) is 1. The highest BCUT2D eigenvalue weighted by Gasteiger charge is 2.16. The van der Waals surface area contributed by atoms with Crippen LogP contribution in [0.4, 0.5) is 11.5 Å². The lowest BCUT2D eigenvalue weighted by Crippen LogP contribution is -2.22. The van der Waals surface area contributed by atoms with Crippen LogP contribution in [0.25, 0.3) is 0 Å². The van der Waals surface area contributed by atoms with Crippen LogP contribution < -0.4 is 20.7 Å². The second-order valence-electron chi connectivity index (χ2n) is 7.05. The van der Waals surface area contributed by atoms with Gasteiger partial charge in [0.2, 0.25) is 5.91 Å². The lowest BCUT2D eigenvalue weighted by Gasteiger charge is -2.24. The fourth-order valence-electron chi connectivity index (χ4n) is 3.19. The minimum atomic E-state index is -0.468. The third kappa shape index (κ3) is 5.73. The first kappa shape index (κ1) is 21.2. The number of carbonyl (C=O) groups excluding carboxylic acids is 1. The van der Waals surface area contributed by atoms with Gasteiger partial charge >= 0.3 is 0 Å². The molecule has 0 bridgehead atoms. The van der Waals surface area contributed by atoms with E-state index in [0.29, 0.717) is 11.3 Å². The van der Waals surface area contributed by atoms with E-state index in [9.17, 15) is 4.79 Å². The summed E-state index contributed by atoms with van der Waals surface area (Å²) < 4.78 is 6.27. The van der Waals surface area contributed by atoms with E-state index < -0.39 is 5.91 Å². The highest BCUT2D eigenvalue weighted by atomic mass is 16.5. The zero-order valence-electron chi connectivity index (χ0n) is 17.4. The van der Waals surface area contributed by atoms with Crippen LogP contribution in [0, 0.1) is 0 Å². The van der Waals surface area contributed by atoms with Crippen molar-refractivity contribution in [2.75, 3.05) is 30.4 Å². The van der Waals surface area contributed by atoms with Gasteiger partial charge in [0.15, 0.2) is 0 Å². The minimum Gasteiger partial charge on any atom is -0.486 e. The second kappa shape index (κ2) is 10.3. The average molecular weight is 405 g/mol. The van der Waals surface area contributed by atoms with Crippen molar-refractivity contribution in [3.8, 4) is 5.75 Å². The molecule has 1 amide bonds. The number of carbonyl (C=O) groups is 1. The summed E-state index contributed by atoms with van der Waals surface area (Å²) in [6, 6.07) is 21.1. The van der Waals surface area contributed by atoms with Crippen LogP contribution in [-0.4, -0.2) is 31.0 Å². The van der Waals surface area contributed by atoms with E-state index in [-0.39, 0.29) is 6.10 Å². The number of aromatic nitrogens is 1. The summed E-state index contributed by atoms with van der Waals surface area (Å²) >= 11 is 0. The van der Waals surface area contributed by atoms with Gasteiger partial charge < -0.3 is 20.7 Å². The molecular formula is C24H28N4O2. The van der Waals surface area contributed by atoms with Crippen LogP contribution in [0.1, 0.15) is 35.4 Å². The van der Waals surface area contributed by atoms with Gasteiger partial charge in [-0.2, -0.15) is 0 Å². The summed E-state index contributed by atoms with van der Waals surface area (Å²) in [6.45, 7) is 3.66. The number of amides is 1. The number of nitrogens with two attached hydrogens (primary N) is 1. The Kier molecular flexibility index (Phi) is 7.27. The first-order valence-electron chi connectivity index (χ1n) is 10.1. The van der Waals surface area contributed by atoms with Crippen LogP contribution in [0.15, 0.2) is 72.9 Å². The highest BCUT2D eigenvalue weighted by Crippen LogP contribution is 2.26. The summed E-state index contributed by atoms with van der Waals surface area (Å²) in [5.41, 5.74) is 7.96. The number of anilines is 2. The van der Waals surface area contributed by atoms with Gasteiger partial charge in [0.05, 0.1) is 11.9 Å². The Hall–Kier alpha value is -3.54. The van der Waals surface area contributed by atoms with E-state index in [4.69, 9.17) is 10.5 Å². The molecule has 1 aromatic heterocycles. The van der Waals surface area contributed by atoms with Crippen molar-refractivity contribution in [3.63, 3.8) is 0 Å². The van der Waals surface area contributed by atoms with Crippen molar-refractivity contribution in [2.24, 2.45) is 5.73 Å². The number of pyridine rings is 1. The Bertz CT molecular complexity index is 945. The zero-order chi connectivity index (χ0) is 21.3. The van der Waals surface area contributed by atoms with E-state index in [0.717, 1.165) is 36.6 Å². The van der Waals surface area contributed by atoms with Crippen molar-refractivity contribution in [3.05, 3.63) is 84.1 Å². The maximum atomic E-state index is 11.5. The second-order valence-corrected chi connectivity index (χ2v) is 7.05. The van der Waals surface area contributed by atoms with Gasteiger partial charge in [0.25, 0.3) is 0 Å². The fourth-order valence-corrected chi connectivity index (χ4v) is 3.19. The van der Waals surface area contributed by atoms with Gasteiger partial charge in [-0.05, 0) is 42.8 Å². The zero-order valence-corrected chi connectivity index (χ0v) is 17.4. The van der Waals surface area contributed by atoms with Crippen molar-refractivity contribution in [1.82, 2.24) is 4.98 Å². The molecule has 0 saturated carbocycles. The maximum absolute atomic E-state index is 11.5. The van der Waals surface area contributed by atoms with Crippen LogP contribution in [0.5, 0.6) is 5.75 Å². The molecule has 156 valence electrons. The normalized spacial score (nSPS) is 11.5. The summed E-state index contributed by atoms with van der Waals surface area (Å²) in [5.74, 6) is 1.03. The molecule has 6 heteroatoms. The lowest BCUT2D eigenvalue weighted by atomic mass is 10.1. The molecular weight excluding hydrogens is 376 g/mol. The Morgan fingerprint density at radius 1 is 1.13 bits per heavy atom. The van der Waals surface area contributed by atoms with Crippen LogP contribution in [0.3, 0.4) is 0 Å². The molecule has 1 atom stereocenters. The van der Waals surface area contributed by atoms with Crippen LogP contribution >= 0.6 is 0 Å². The Morgan fingerprint density at radius 3 is 2.60 bits per heavy atom. The molecule has 3 N–H and O–H groups in total. The molecule has 1 heterocycles. The smallest absolute Gasteiger partial charge is 0.248 e. The van der Waals surface area contributed by atoms with E-state index >= 15 is 0 Å². The Balaban J connectivity index is 1.71. The summed E-state index contributed by atoms with van der Waals surface area (Å²) in [4.78, 5) is 18.1. The molecule has 0 saturated heterocycles. The van der Waals surface area contributed by atoms with Gasteiger partial charge in [0.1, 0.15) is 17.7 Å². The predicted octanol–water partition coefficient (Wildman–Crippen LogP) is 4.26. The minimum absolute atomic E-state index is 0.161. The highest BCUT2D eigenvalue weighted by molar-refractivity contribution is 5.93. The summed E-state index contributed by atoms with van der Waals surface area (Å²) in [6.07, 6.45) is 2.47. The van der Waals surface area contributed by atoms with Gasteiger partial charge in [0, 0.05) is 32.1 Å². The molecule has 0 fully saturated rings. The standard InChI is InChI=1S/C24H28N4O2/c1-3-26-23-13-12-20(17-27-23)28(2)15-14-22(18-8-5-4-6-9-18)30-21-11-7-10-19(16-21)24(25)29/h4-13,16-17,22H,3,14-15H2,1-2H3,(H2,25,29)(H,26,27). The number of nitrogens with zero attached hydrogens (tertiary/aromatic N) is 2. The molecule has 30 heavy (non-hydrogen) atoms. The Labute approximate surface area is 177 Å². The first-order valence-corrected chi connectivity index (χ1v) is 10.1. The Morgan fingerprint density at radius 2 is 1.93 bits per heavy atom. The molecule has 3 aromatic rings. The number of hydrogen-bond donors (Lipinski definition) is 2. The van der Waals surface area contributed by atoms with Crippen LogP contribution in [0.2, 0.25) is 0 Å². The molecule has 3 rings (SSSR count). The number of benzene rings is 2. The van der Waals surface area contributed by atoms with Gasteiger partial charge in [-0.1, -0.05) is 36.4 Å². The number of rotatable bonds is 10. The van der Waals surface area contributed by atoms with Crippen molar-refractivity contribution in [2.45, 2.75) is 19.4 Å². The number of hydrogen-bond acceptors (Lipinski definition) is 5. The largest absolute Gasteiger partial charge is 0.486 e. The van der Waals surface area contributed by atoms with E-state index in [1.54, 1.807) is 18.2 Å². The fraction of sp³-hybridized carbons (Fsp3) is 0.250. The number of ether oxygens (including phenoxy) is 1. The maximum Gasteiger partial charge on any atom is 0.248 e. The molecule has 0 radical (unpaired) electrons. The first-order chi connectivity index (χ1) is 14.6. The predicted molar refractivity (Wildman–Crippen MR) is 121 cm³/mol. The quantitative estimate of drug-likeness (QED) is 0.528. The lowest BCUT2D eigenvalue weighted by molar-refractivity contribution is 0.0999. The number of primary amides is 1. The molecule has 2 aromatic carbocycles. The van der Waals surface area contributed by atoms with Gasteiger partial charge in [-0.3, -0.25) is 4.79 Å². The third-order valence-electron chi connectivity index (χ3n) is 4.84. The summed E-state index contributed by atoms with van der Waals surface area (Å²) in [5, 5.41) is 3.20. The molecule has 6 nitrogen and oxygen atoms in total. The van der Waals surface area contributed by atoms with E-state index in [1.165, 1.54) is 0 Å². The van der Waals surface area contributed by atoms with Crippen molar-refractivity contribution in [1.29, 1.82) is 0 Å². The molecule has 0 spiro atoms. The average Bonchev–Trinajstić information content (AvgIpc) is 2.78. The van der Waals surface area contributed by atoms with Gasteiger partial charge in [-0.25, -0.2) is 4.98 Å². The third-order valence-corrected chi connectivity index (χ3v) is 4.84. The monoisotopic (exact) mass is 404 g/mol.